The Morgan fingerprint density at radius 3 is 2.43 bits per heavy atom. The average molecular weight is 197 g/mol. The molecule has 2 N–H and O–H groups in total. The van der Waals surface area contributed by atoms with Crippen LogP contribution in [0.5, 0.6) is 0 Å². The molecule has 0 aromatic heterocycles. The summed E-state index contributed by atoms with van der Waals surface area (Å²) in [5.74, 6) is -0.738. The van der Waals surface area contributed by atoms with Crippen molar-refractivity contribution in [2.75, 3.05) is 13.1 Å². The first-order valence-electron chi connectivity index (χ1n) is 5.68. The third-order valence-corrected chi connectivity index (χ3v) is 3.96. The molecule has 3 heteroatoms. The number of hydrogen-bond donors (Lipinski definition) is 2. The van der Waals surface area contributed by atoms with Gasteiger partial charge in [0.2, 0.25) is 0 Å². The van der Waals surface area contributed by atoms with E-state index in [1.165, 1.54) is 25.7 Å². The minimum atomic E-state index is -0.600. The van der Waals surface area contributed by atoms with Crippen molar-refractivity contribution in [3.63, 3.8) is 0 Å². The zero-order valence-electron chi connectivity index (χ0n) is 8.59. The lowest BCUT2D eigenvalue weighted by molar-refractivity contribution is -0.145. The van der Waals surface area contributed by atoms with Crippen LogP contribution in [0.25, 0.3) is 0 Å². The van der Waals surface area contributed by atoms with E-state index in [1.54, 1.807) is 0 Å². The van der Waals surface area contributed by atoms with Crippen molar-refractivity contribution >= 4 is 5.97 Å². The van der Waals surface area contributed by atoms with E-state index < -0.39 is 5.97 Å². The number of carbonyl (C=O) groups is 1. The highest BCUT2D eigenvalue weighted by molar-refractivity contribution is 5.72. The van der Waals surface area contributed by atoms with E-state index in [4.69, 9.17) is 0 Å². The van der Waals surface area contributed by atoms with Gasteiger partial charge in [0, 0.05) is 13.1 Å². The highest BCUT2D eigenvalue weighted by atomic mass is 16.4. The van der Waals surface area contributed by atoms with Gasteiger partial charge in [-0.15, -0.1) is 0 Å². The Balaban J connectivity index is 2.14. The largest absolute Gasteiger partial charge is 0.481 e. The van der Waals surface area contributed by atoms with E-state index in [0.29, 0.717) is 6.54 Å². The van der Waals surface area contributed by atoms with Crippen LogP contribution in [-0.2, 0) is 4.79 Å². The number of carboxylic acids is 1. The van der Waals surface area contributed by atoms with Crippen molar-refractivity contribution in [3.05, 3.63) is 0 Å². The van der Waals surface area contributed by atoms with E-state index in [9.17, 15) is 9.90 Å². The normalized spacial score (nSPS) is 31.6. The lowest BCUT2D eigenvalue weighted by atomic mass is 9.72. The summed E-state index contributed by atoms with van der Waals surface area (Å²) in [7, 11) is 0. The summed E-state index contributed by atoms with van der Waals surface area (Å²) in [6, 6.07) is 0. The smallest absolute Gasteiger partial charge is 0.308 e. The zero-order chi connectivity index (χ0) is 10.0. The molecular weight excluding hydrogens is 178 g/mol. The summed E-state index contributed by atoms with van der Waals surface area (Å²) in [4.78, 5) is 11.1. The van der Waals surface area contributed by atoms with Gasteiger partial charge < -0.3 is 10.4 Å². The highest BCUT2D eigenvalue weighted by Gasteiger charge is 2.46. The van der Waals surface area contributed by atoms with Gasteiger partial charge in [-0.25, -0.2) is 0 Å². The van der Waals surface area contributed by atoms with Crippen LogP contribution in [0, 0.1) is 11.3 Å². The van der Waals surface area contributed by atoms with E-state index in [0.717, 1.165) is 19.4 Å². The fraction of sp³-hybridized carbons (Fsp3) is 0.909. The van der Waals surface area contributed by atoms with Gasteiger partial charge in [-0.05, 0) is 18.3 Å². The lowest BCUT2D eigenvalue weighted by Gasteiger charge is -2.31. The standard InChI is InChI=1S/C11H19NO2/c13-10(14)9-7-12-8-11(9)5-3-1-2-4-6-11/h9,12H,1-8H2,(H,13,14). The lowest BCUT2D eigenvalue weighted by Crippen LogP contribution is -2.34. The second-order valence-corrected chi connectivity index (χ2v) is 4.80. The summed E-state index contributed by atoms with van der Waals surface area (Å²) in [5, 5.41) is 12.4. The minimum Gasteiger partial charge on any atom is -0.481 e. The van der Waals surface area contributed by atoms with Gasteiger partial charge >= 0.3 is 5.97 Å². The van der Waals surface area contributed by atoms with E-state index >= 15 is 0 Å². The molecule has 0 bridgehead atoms. The van der Waals surface area contributed by atoms with Crippen molar-refractivity contribution in [1.82, 2.24) is 5.32 Å². The first kappa shape index (κ1) is 9.97. The fourth-order valence-corrected chi connectivity index (χ4v) is 3.11. The Bertz CT molecular complexity index is 219. The van der Waals surface area contributed by atoms with Crippen molar-refractivity contribution in [1.29, 1.82) is 0 Å². The SMILES string of the molecule is O=C(O)C1CNCC12CCCCCC2. The topological polar surface area (TPSA) is 49.3 Å². The third kappa shape index (κ3) is 1.65. The Hall–Kier alpha value is -0.570. The number of hydrogen-bond acceptors (Lipinski definition) is 2. The molecule has 2 rings (SSSR count). The molecule has 0 aromatic carbocycles. The summed E-state index contributed by atoms with van der Waals surface area (Å²) in [5.41, 5.74) is 0.0856. The third-order valence-electron chi connectivity index (χ3n) is 3.96. The molecule has 2 aliphatic rings. The molecule has 0 aromatic rings. The van der Waals surface area contributed by atoms with Crippen LogP contribution in [0.2, 0.25) is 0 Å². The van der Waals surface area contributed by atoms with Crippen molar-refractivity contribution in [2.24, 2.45) is 11.3 Å². The Labute approximate surface area is 84.9 Å². The van der Waals surface area contributed by atoms with Gasteiger partial charge in [-0.3, -0.25) is 4.79 Å². The molecule has 1 atom stereocenters. The van der Waals surface area contributed by atoms with Crippen LogP contribution in [0.4, 0.5) is 0 Å². The predicted molar refractivity (Wildman–Crippen MR) is 54.1 cm³/mol. The highest BCUT2D eigenvalue weighted by Crippen LogP contribution is 2.43. The average Bonchev–Trinajstić information content (AvgIpc) is 2.39. The molecule has 1 aliphatic carbocycles. The first-order chi connectivity index (χ1) is 6.75. The molecule has 3 nitrogen and oxygen atoms in total. The summed E-state index contributed by atoms with van der Waals surface area (Å²) in [6.45, 7) is 1.60. The number of rotatable bonds is 1. The van der Waals surface area contributed by atoms with Crippen LogP contribution in [0.15, 0.2) is 0 Å². The summed E-state index contributed by atoms with van der Waals surface area (Å²) < 4.78 is 0. The number of aliphatic carboxylic acids is 1. The summed E-state index contributed by atoms with van der Waals surface area (Å²) in [6.07, 6.45) is 7.22. The quantitative estimate of drug-likeness (QED) is 0.671. The van der Waals surface area contributed by atoms with Crippen molar-refractivity contribution < 1.29 is 9.90 Å². The first-order valence-corrected chi connectivity index (χ1v) is 5.68. The fourth-order valence-electron chi connectivity index (χ4n) is 3.11. The molecule has 0 amide bonds. The molecule has 1 unspecified atom stereocenters. The molecule has 1 saturated heterocycles. The Morgan fingerprint density at radius 1 is 1.21 bits per heavy atom. The molecule has 1 spiro atoms. The molecule has 80 valence electrons. The van der Waals surface area contributed by atoms with Gasteiger partial charge in [0.05, 0.1) is 5.92 Å². The number of carboxylic acid groups (broad SMARTS) is 1. The maximum absolute atomic E-state index is 11.1. The second-order valence-electron chi connectivity index (χ2n) is 4.80. The second kappa shape index (κ2) is 3.89. The van der Waals surface area contributed by atoms with Crippen LogP contribution < -0.4 is 5.32 Å². The van der Waals surface area contributed by atoms with Gasteiger partial charge in [-0.2, -0.15) is 0 Å². The molecule has 2 fully saturated rings. The monoisotopic (exact) mass is 197 g/mol. The van der Waals surface area contributed by atoms with Gasteiger partial charge in [0.25, 0.3) is 0 Å². The van der Waals surface area contributed by atoms with Crippen LogP contribution in [0.1, 0.15) is 38.5 Å². The Kier molecular flexibility index (Phi) is 2.77. The molecule has 0 radical (unpaired) electrons. The summed E-state index contributed by atoms with van der Waals surface area (Å²) >= 11 is 0. The zero-order valence-corrected chi connectivity index (χ0v) is 8.59. The maximum Gasteiger partial charge on any atom is 0.308 e. The predicted octanol–water partition coefficient (Wildman–Crippen LogP) is 1.63. The minimum absolute atomic E-state index is 0.0856. The molecule has 14 heavy (non-hydrogen) atoms. The van der Waals surface area contributed by atoms with Gasteiger partial charge in [-0.1, -0.05) is 25.7 Å². The Morgan fingerprint density at radius 2 is 1.86 bits per heavy atom. The van der Waals surface area contributed by atoms with Crippen LogP contribution in [-0.4, -0.2) is 24.2 Å². The van der Waals surface area contributed by atoms with Gasteiger partial charge in [0.1, 0.15) is 0 Å². The maximum atomic E-state index is 11.1. The molecule has 1 saturated carbocycles. The van der Waals surface area contributed by atoms with Crippen molar-refractivity contribution in [3.8, 4) is 0 Å². The molecule has 1 heterocycles. The van der Waals surface area contributed by atoms with Crippen LogP contribution in [0.3, 0.4) is 0 Å². The molecule has 1 aliphatic heterocycles. The number of nitrogens with one attached hydrogen (secondary N) is 1. The van der Waals surface area contributed by atoms with E-state index in [2.05, 4.69) is 5.32 Å². The van der Waals surface area contributed by atoms with E-state index in [1.807, 2.05) is 0 Å². The molecular formula is C11H19NO2. The van der Waals surface area contributed by atoms with E-state index in [-0.39, 0.29) is 11.3 Å². The van der Waals surface area contributed by atoms with Gasteiger partial charge in [0.15, 0.2) is 0 Å². The van der Waals surface area contributed by atoms with Crippen LogP contribution >= 0.6 is 0 Å². The van der Waals surface area contributed by atoms with Crippen molar-refractivity contribution in [2.45, 2.75) is 38.5 Å².